The molecule has 4 nitrogen and oxygen atoms in total. The Bertz CT molecular complexity index is 136. The van der Waals surface area contributed by atoms with Gasteiger partial charge in [0.25, 0.3) is 0 Å². The largest absolute Gasteiger partial charge is 0.854 e. The van der Waals surface area contributed by atoms with Gasteiger partial charge in [-0.1, -0.05) is 39.5 Å². The van der Waals surface area contributed by atoms with Crippen LogP contribution < -0.4 is 10.2 Å². The molecular formula is C16H42N2O2. The van der Waals surface area contributed by atoms with Gasteiger partial charge < -0.3 is 19.2 Å². The average Bonchev–Trinajstić information content (AvgIpc) is 2.13. The van der Waals surface area contributed by atoms with Gasteiger partial charge in [0, 0.05) is 0 Å². The summed E-state index contributed by atoms with van der Waals surface area (Å²) in [6, 6.07) is 0. The molecule has 0 aromatic heterocycles. The molecule has 0 aliphatic carbocycles. The monoisotopic (exact) mass is 294 g/mol. The molecule has 0 fully saturated rings. The van der Waals surface area contributed by atoms with E-state index in [1.807, 2.05) is 27.7 Å². The van der Waals surface area contributed by atoms with E-state index in [0.29, 0.717) is 11.8 Å². The van der Waals surface area contributed by atoms with E-state index in [0.717, 1.165) is 8.97 Å². The normalized spacial score (nSPS) is 10.8. The van der Waals surface area contributed by atoms with E-state index >= 15 is 0 Å². The Labute approximate surface area is 129 Å². The molecule has 0 saturated heterocycles. The van der Waals surface area contributed by atoms with Crippen LogP contribution in [0.3, 0.4) is 0 Å². The van der Waals surface area contributed by atoms with E-state index in [9.17, 15) is 10.2 Å². The van der Waals surface area contributed by atoms with Crippen LogP contribution in [0, 0.1) is 11.8 Å². The van der Waals surface area contributed by atoms with E-state index in [2.05, 4.69) is 56.4 Å². The van der Waals surface area contributed by atoms with Crippen LogP contribution in [0.2, 0.25) is 0 Å². The van der Waals surface area contributed by atoms with Crippen molar-refractivity contribution in [2.24, 2.45) is 11.8 Å². The summed E-state index contributed by atoms with van der Waals surface area (Å²) < 4.78 is 2.00. The highest BCUT2D eigenvalue weighted by Gasteiger charge is 1.88. The number of hydrogen-bond acceptors (Lipinski definition) is 2. The summed E-state index contributed by atoms with van der Waals surface area (Å²) in [5, 5.41) is 19.3. The van der Waals surface area contributed by atoms with Crippen molar-refractivity contribution >= 4 is 0 Å². The SMILES string of the molecule is CC(C)C[O-].CC(C)C[O-].C[N+](C)(C)C.C[N+](C)(C)C. The van der Waals surface area contributed by atoms with E-state index in [1.54, 1.807) is 0 Å². The highest BCUT2D eigenvalue weighted by atomic mass is 16.3. The van der Waals surface area contributed by atoms with Gasteiger partial charge in [0.1, 0.15) is 0 Å². The maximum Gasteiger partial charge on any atom is 0.0675 e. The third-order valence-corrected chi connectivity index (χ3v) is 0.667. The molecule has 0 atom stereocenters. The summed E-state index contributed by atoms with van der Waals surface area (Å²) in [5.74, 6) is 0.657. The molecule has 0 spiro atoms. The summed E-state index contributed by atoms with van der Waals surface area (Å²) in [5.41, 5.74) is 0. The van der Waals surface area contributed by atoms with Crippen molar-refractivity contribution in [2.45, 2.75) is 27.7 Å². The molecule has 0 heterocycles. The van der Waals surface area contributed by atoms with Crippen molar-refractivity contribution in [1.29, 1.82) is 0 Å². The molecule has 128 valence electrons. The van der Waals surface area contributed by atoms with Crippen LogP contribution >= 0.6 is 0 Å². The summed E-state index contributed by atoms with van der Waals surface area (Å²) in [4.78, 5) is 0. The Balaban J connectivity index is -0.0000000853. The van der Waals surface area contributed by atoms with Crippen molar-refractivity contribution < 1.29 is 19.2 Å². The van der Waals surface area contributed by atoms with E-state index in [-0.39, 0.29) is 13.2 Å². The van der Waals surface area contributed by atoms with Gasteiger partial charge in [-0.25, -0.2) is 0 Å². The Kier molecular flexibility index (Phi) is 21.4. The van der Waals surface area contributed by atoms with Crippen molar-refractivity contribution in [3.8, 4) is 0 Å². The first-order chi connectivity index (χ1) is 8.54. The fraction of sp³-hybridized carbons (Fsp3) is 1.00. The van der Waals surface area contributed by atoms with Crippen LogP contribution in [0.4, 0.5) is 0 Å². The molecule has 0 amide bonds. The first kappa shape index (κ1) is 28.1. The molecule has 20 heavy (non-hydrogen) atoms. The molecule has 0 aliphatic rings. The minimum absolute atomic E-state index is 0.0556. The lowest BCUT2D eigenvalue weighted by Gasteiger charge is -2.14. The molecule has 0 rings (SSSR count). The third kappa shape index (κ3) is 343. The minimum atomic E-state index is 0.0556. The fourth-order valence-corrected chi connectivity index (χ4v) is 0. The lowest BCUT2D eigenvalue weighted by Crippen LogP contribution is -2.27. The van der Waals surface area contributed by atoms with Gasteiger partial charge in [-0.05, 0) is 0 Å². The van der Waals surface area contributed by atoms with Crippen LogP contribution in [0.5, 0.6) is 0 Å². The summed E-state index contributed by atoms with van der Waals surface area (Å²) in [7, 11) is 17.0. The topological polar surface area (TPSA) is 46.1 Å². The van der Waals surface area contributed by atoms with Gasteiger partial charge in [0.05, 0.1) is 56.4 Å². The lowest BCUT2D eigenvalue weighted by molar-refractivity contribution is -0.849. The highest BCUT2D eigenvalue weighted by molar-refractivity contribution is 4.31. The van der Waals surface area contributed by atoms with Gasteiger partial charge >= 0.3 is 0 Å². The molecular weight excluding hydrogens is 252 g/mol. The van der Waals surface area contributed by atoms with E-state index in [4.69, 9.17) is 0 Å². The summed E-state index contributed by atoms with van der Waals surface area (Å²) in [6.07, 6.45) is 0. The molecule has 0 saturated carbocycles. The highest BCUT2D eigenvalue weighted by Crippen LogP contribution is 1.81. The van der Waals surface area contributed by atoms with E-state index < -0.39 is 0 Å². The van der Waals surface area contributed by atoms with Gasteiger partial charge in [-0.2, -0.15) is 0 Å². The third-order valence-electron chi connectivity index (χ3n) is 0.667. The summed E-state index contributed by atoms with van der Waals surface area (Å²) >= 11 is 0. The fourth-order valence-electron chi connectivity index (χ4n) is 0. The minimum Gasteiger partial charge on any atom is -0.854 e. The molecule has 0 aliphatic heterocycles. The quantitative estimate of drug-likeness (QED) is 0.702. The number of rotatable bonds is 2. The molecule has 0 N–H and O–H groups in total. The van der Waals surface area contributed by atoms with Crippen molar-refractivity contribution in [2.75, 3.05) is 69.6 Å². The zero-order chi connectivity index (χ0) is 17.6. The second-order valence-corrected chi connectivity index (χ2v) is 8.49. The Morgan fingerprint density at radius 2 is 0.600 bits per heavy atom. The second kappa shape index (κ2) is 15.2. The maximum absolute atomic E-state index is 9.63. The van der Waals surface area contributed by atoms with Gasteiger partial charge in [-0.3, -0.25) is 0 Å². The number of nitrogens with zero attached hydrogens (tertiary/aromatic N) is 2. The predicted molar refractivity (Wildman–Crippen MR) is 87.3 cm³/mol. The Morgan fingerprint density at radius 1 is 0.550 bits per heavy atom. The average molecular weight is 295 g/mol. The Hall–Kier alpha value is -0.160. The van der Waals surface area contributed by atoms with Crippen LogP contribution in [0.15, 0.2) is 0 Å². The van der Waals surface area contributed by atoms with Crippen LogP contribution in [-0.2, 0) is 0 Å². The van der Waals surface area contributed by atoms with Crippen LogP contribution in [-0.4, -0.2) is 78.6 Å². The molecule has 4 heteroatoms. The first-order valence-corrected chi connectivity index (χ1v) is 7.28. The smallest absolute Gasteiger partial charge is 0.0675 e. The van der Waals surface area contributed by atoms with Crippen molar-refractivity contribution in [1.82, 2.24) is 0 Å². The molecule has 0 unspecified atom stereocenters. The number of quaternary nitrogens is 2. The molecule has 0 bridgehead atoms. The number of hydrogen-bond donors (Lipinski definition) is 0. The maximum atomic E-state index is 9.63. The first-order valence-electron chi connectivity index (χ1n) is 7.28. The van der Waals surface area contributed by atoms with Crippen molar-refractivity contribution in [3.05, 3.63) is 0 Å². The zero-order valence-corrected chi connectivity index (χ0v) is 16.3. The van der Waals surface area contributed by atoms with Gasteiger partial charge in [0.15, 0.2) is 0 Å². The Morgan fingerprint density at radius 3 is 0.600 bits per heavy atom. The van der Waals surface area contributed by atoms with Crippen LogP contribution in [0.25, 0.3) is 0 Å². The molecule has 0 aromatic rings. The predicted octanol–water partition coefficient (Wildman–Crippen LogP) is 0.650. The molecule has 0 radical (unpaired) electrons. The van der Waals surface area contributed by atoms with Gasteiger partial charge in [0.2, 0.25) is 0 Å². The standard InChI is InChI=1S/2C4H12N.2C4H9O/c2*1-5(2,3)4;2*1-4(2)3-5/h2*1-4H3;2*4H,3H2,1-2H3/q2*+1;2*-1. The van der Waals surface area contributed by atoms with Crippen molar-refractivity contribution in [3.63, 3.8) is 0 Å². The lowest BCUT2D eigenvalue weighted by atomic mass is 10.2. The van der Waals surface area contributed by atoms with E-state index in [1.165, 1.54) is 0 Å². The van der Waals surface area contributed by atoms with Crippen LogP contribution in [0.1, 0.15) is 27.7 Å². The van der Waals surface area contributed by atoms with Gasteiger partial charge in [-0.15, -0.1) is 13.2 Å². The second-order valence-electron chi connectivity index (χ2n) is 8.49. The zero-order valence-electron chi connectivity index (χ0n) is 16.3. The molecule has 0 aromatic carbocycles. The summed E-state index contributed by atoms with van der Waals surface area (Å²) in [6.45, 7) is 7.75.